The van der Waals surface area contributed by atoms with Crippen LogP contribution in [0.3, 0.4) is 0 Å². The molecule has 0 spiro atoms. The van der Waals surface area contributed by atoms with Crippen molar-refractivity contribution in [3.63, 3.8) is 0 Å². The molecule has 0 unspecified atom stereocenters. The first-order valence-corrected chi connectivity index (χ1v) is 6.36. The Balaban J connectivity index is 1.96. The second kappa shape index (κ2) is 4.76. The largest absolute Gasteiger partial charge is 0.444 e. The molecular formula is C14H11NO2S. The average molecular weight is 257 g/mol. The van der Waals surface area contributed by atoms with E-state index in [4.69, 9.17) is 9.84 Å². The maximum Gasteiger partial charge on any atom is 0.207 e. The van der Waals surface area contributed by atoms with Gasteiger partial charge in [0.2, 0.25) is 5.06 Å². The van der Waals surface area contributed by atoms with Crippen LogP contribution in [-0.4, -0.2) is 9.48 Å². The first kappa shape index (κ1) is 11.2. The molecule has 0 bridgehead atoms. The zero-order valence-corrected chi connectivity index (χ0v) is 10.4. The molecule has 18 heavy (non-hydrogen) atoms. The van der Waals surface area contributed by atoms with Gasteiger partial charge in [0.05, 0.1) is 17.5 Å². The summed E-state index contributed by atoms with van der Waals surface area (Å²) in [5, 5.41) is 10.9. The van der Waals surface area contributed by atoms with Crippen molar-refractivity contribution in [1.82, 2.24) is 4.37 Å². The minimum atomic E-state index is 0.0145. The molecule has 4 heteroatoms. The Bertz CT molecular complexity index is 678. The molecule has 3 nitrogen and oxygen atoms in total. The molecule has 0 aliphatic heterocycles. The van der Waals surface area contributed by atoms with Gasteiger partial charge >= 0.3 is 0 Å². The van der Waals surface area contributed by atoms with E-state index in [9.17, 15) is 0 Å². The number of rotatable bonds is 3. The highest BCUT2D eigenvalue weighted by Crippen LogP contribution is 2.33. The number of aliphatic hydroxyl groups excluding tert-OH is 1. The number of aliphatic hydroxyl groups is 1. The lowest BCUT2D eigenvalue weighted by molar-refractivity contribution is 0.281. The second-order valence-corrected chi connectivity index (χ2v) is 4.63. The normalized spacial score (nSPS) is 10.7. The van der Waals surface area contributed by atoms with Crippen molar-refractivity contribution in [1.29, 1.82) is 0 Å². The zero-order valence-electron chi connectivity index (χ0n) is 9.54. The quantitative estimate of drug-likeness (QED) is 0.779. The van der Waals surface area contributed by atoms with E-state index in [1.807, 2.05) is 48.5 Å². The van der Waals surface area contributed by atoms with E-state index in [1.165, 1.54) is 11.5 Å². The van der Waals surface area contributed by atoms with Gasteiger partial charge in [0, 0.05) is 11.5 Å². The highest BCUT2D eigenvalue weighted by Gasteiger charge is 2.07. The second-order valence-electron chi connectivity index (χ2n) is 3.89. The van der Waals surface area contributed by atoms with Gasteiger partial charge in [-0.05, 0) is 29.8 Å². The number of hydrogen-bond donors (Lipinski definition) is 1. The number of benzene rings is 2. The van der Waals surface area contributed by atoms with E-state index >= 15 is 0 Å². The van der Waals surface area contributed by atoms with Gasteiger partial charge in [-0.2, -0.15) is 4.37 Å². The Hall–Kier alpha value is -1.91. The molecule has 0 radical (unpaired) electrons. The van der Waals surface area contributed by atoms with Crippen LogP contribution < -0.4 is 4.74 Å². The fourth-order valence-electron chi connectivity index (χ4n) is 1.75. The molecule has 0 fully saturated rings. The zero-order chi connectivity index (χ0) is 12.4. The fourth-order valence-corrected chi connectivity index (χ4v) is 2.50. The van der Waals surface area contributed by atoms with Crippen molar-refractivity contribution < 1.29 is 9.84 Å². The van der Waals surface area contributed by atoms with Crippen molar-refractivity contribution in [2.24, 2.45) is 0 Å². The van der Waals surface area contributed by atoms with E-state index < -0.39 is 0 Å². The number of ether oxygens (including phenoxy) is 1. The Labute approximate surface area is 108 Å². The molecule has 0 aliphatic rings. The Kier molecular flexibility index (Phi) is 2.96. The molecule has 1 heterocycles. The molecule has 2 aromatic carbocycles. The van der Waals surface area contributed by atoms with Crippen LogP contribution in [0.25, 0.3) is 10.9 Å². The van der Waals surface area contributed by atoms with E-state index in [0.29, 0.717) is 0 Å². The molecule has 90 valence electrons. The van der Waals surface area contributed by atoms with Gasteiger partial charge < -0.3 is 9.84 Å². The summed E-state index contributed by atoms with van der Waals surface area (Å²) >= 11 is 1.34. The summed E-state index contributed by atoms with van der Waals surface area (Å²) in [5.74, 6) is 0.718. The van der Waals surface area contributed by atoms with E-state index in [2.05, 4.69) is 4.37 Å². The van der Waals surface area contributed by atoms with Gasteiger partial charge in [0.25, 0.3) is 0 Å². The van der Waals surface area contributed by atoms with E-state index in [1.54, 1.807) is 0 Å². The molecule has 1 N–H and O–H groups in total. The highest BCUT2D eigenvalue weighted by molar-refractivity contribution is 7.09. The summed E-state index contributed by atoms with van der Waals surface area (Å²) in [4.78, 5) is 0. The van der Waals surface area contributed by atoms with Crippen molar-refractivity contribution in [3.8, 4) is 10.8 Å². The summed E-state index contributed by atoms with van der Waals surface area (Å²) in [6.45, 7) is 0.0145. The topological polar surface area (TPSA) is 42.4 Å². The maximum absolute atomic E-state index is 9.09. The smallest absolute Gasteiger partial charge is 0.207 e. The summed E-state index contributed by atoms with van der Waals surface area (Å²) in [6, 6.07) is 15.3. The lowest BCUT2D eigenvalue weighted by Crippen LogP contribution is -1.85. The Morgan fingerprint density at radius 3 is 2.89 bits per heavy atom. The predicted octanol–water partition coefficient (Wildman–Crippen LogP) is 3.58. The minimum Gasteiger partial charge on any atom is -0.444 e. The molecule has 3 aromatic rings. The molecule has 3 rings (SSSR count). The van der Waals surface area contributed by atoms with Crippen LogP contribution in [0.5, 0.6) is 10.8 Å². The van der Waals surface area contributed by atoms with Gasteiger partial charge in [-0.25, -0.2) is 0 Å². The molecule has 0 amide bonds. The fraction of sp³-hybridized carbons (Fsp3) is 0.0714. The molecule has 1 aromatic heterocycles. The number of fused-ring (bicyclic) bond motifs is 1. The van der Waals surface area contributed by atoms with Gasteiger partial charge in [0.1, 0.15) is 5.75 Å². The lowest BCUT2D eigenvalue weighted by atomic mass is 10.2. The van der Waals surface area contributed by atoms with Crippen molar-refractivity contribution >= 4 is 22.4 Å². The van der Waals surface area contributed by atoms with Gasteiger partial charge in [0.15, 0.2) is 0 Å². The highest BCUT2D eigenvalue weighted by atomic mass is 32.1. The van der Waals surface area contributed by atoms with E-state index in [-0.39, 0.29) is 6.61 Å². The lowest BCUT2D eigenvalue weighted by Gasteiger charge is -2.04. The monoisotopic (exact) mass is 257 g/mol. The van der Waals surface area contributed by atoms with Crippen LogP contribution in [0.1, 0.15) is 5.56 Å². The molecular weight excluding hydrogens is 246 g/mol. The Morgan fingerprint density at radius 2 is 2.00 bits per heavy atom. The predicted molar refractivity (Wildman–Crippen MR) is 72.1 cm³/mol. The summed E-state index contributed by atoms with van der Waals surface area (Å²) < 4.78 is 10.1. The van der Waals surface area contributed by atoms with Crippen LogP contribution in [0.15, 0.2) is 48.5 Å². The number of aromatic nitrogens is 1. The number of nitrogens with zero attached hydrogens (tertiary/aromatic N) is 1. The molecule has 0 saturated carbocycles. The average Bonchev–Trinajstić information content (AvgIpc) is 2.83. The van der Waals surface area contributed by atoms with Crippen LogP contribution in [0.4, 0.5) is 0 Å². The van der Waals surface area contributed by atoms with Crippen LogP contribution >= 0.6 is 11.5 Å². The van der Waals surface area contributed by atoms with Crippen molar-refractivity contribution in [2.75, 3.05) is 0 Å². The van der Waals surface area contributed by atoms with Crippen LogP contribution in [0, 0.1) is 0 Å². The van der Waals surface area contributed by atoms with Gasteiger partial charge in [-0.15, -0.1) is 0 Å². The van der Waals surface area contributed by atoms with Crippen LogP contribution in [-0.2, 0) is 6.61 Å². The van der Waals surface area contributed by atoms with Gasteiger partial charge in [-0.1, -0.05) is 24.3 Å². The third kappa shape index (κ3) is 2.08. The summed E-state index contributed by atoms with van der Waals surface area (Å²) in [5.41, 5.74) is 1.78. The van der Waals surface area contributed by atoms with Crippen molar-refractivity contribution in [3.05, 3.63) is 54.1 Å². The van der Waals surface area contributed by atoms with Crippen LogP contribution in [0.2, 0.25) is 0 Å². The SMILES string of the molecule is OCc1cccc(Oc2snc3ccccc23)c1. The van der Waals surface area contributed by atoms with Gasteiger partial charge in [-0.3, -0.25) is 0 Å². The third-order valence-corrected chi connectivity index (χ3v) is 3.40. The number of hydrogen-bond acceptors (Lipinski definition) is 4. The van der Waals surface area contributed by atoms with Crippen molar-refractivity contribution in [2.45, 2.75) is 6.61 Å². The summed E-state index contributed by atoms with van der Waals surface area (Å²) in [7, 11) is 0. The summed E-state index contributed by atoms with van der Waals surface area (Å²) in [6.07, 6.45) is 0. The molecule has 0 atom stereocenters. The van der Waals surface area contributed by atoms with E-state index in [0.717, 1.165) is 27.3 Å². The first-order valence-electron chi connectivity index (χ1n) is 5.59. The third-order valence-electron chi connectivity index (χ3n) is 2.64. The Morgan fingerprint density at radius 1 is 1.11 bits per heavy atom. The first-order chi connectivity index (χ1) is 8.86. The molecule has 0 saturated heterocycles. The maximum atomic E-state index is 9.09. The minimum absolute atomic E-state index is 0.0145. The standard InChI is InChI=1S/C14H11NO2S/c16-9-10-4-3-5-11(8-10)17-14-12-6-1-2-7-13(12)15-18-14/h1-8,16H,9H2. The molecule has 0 aliphatic carbocycles.